The van der Waals surface area contributed by atoms with Crippen LogP contribution in [0.3, 0.4) is 0 Å². The van der Waals surface area contributed by atoms with E-state index in [1.165, 1.54) is 35.7 Å². The number of aliphatic hydroxyl groups excluding tert-OH is 1. The summed E-state index contributed by atoms with van der Waals surface area (Å²) in [6.45, 7) is 3.96. The number of methoxy groups -OCH3 is 1. The highest BCUT2D eigenvalue weighted by Crippen LogP contribution is 2.45. The molecular formula is C25H20N2O5S. The number of aliphatic hydroxyl groups is 1. The lowest BCUT2D eigenvalue weighted by molar-refractivity contribution is -0.117. The van der Waals surface area contributed by atoms with Crippen molar-refractivity contribution in [3.8, 4) is 5.75 Å². The molecule has 0 spiro atoms. The number of furan rings is 1. The molecule has 0 fully saturated rings. The first-order valence-electron chi connectivity index (χ1n) is 10.3. The number of nitrogens with zero attached hydrogens (tertiary/aromatic N) is 2. The molecular weight excluding hydrogens is 440 g/mol. The van der Waals surface area contributed by atoms with E-state index in [2.05, 4.69) is 0 Å². The molecule has 33 heavy (non-hydrogen) atoms. The van der Waals surface area contributed by atoms with Gasteiger partial charge in [0, 0.05) is 0 Å². The van der Waals surface area contributed by atoms with E-state index in [9.17, 15) is 14.7 Å². The molecule has 8 heteroatoms. The molecule has 4 aromatic rings. The van der Waals surface area contributed by atoms with Gasteiger partial charge in [0.15, 0.2) is 16.7 Å². The molecule has 5 rings (SSSR count). The van der Waals surface area contributed by atoms with Gasteiger partial charge in [0.05, 0.1) is 35.2 Å². The van der Waals surface area contributed by atoms with Crippen LogP contribution in [-0.2, 0) is 4.79 Å². The molecule has 0 saturated heterocycles. The van der Waals surface area contributed by atoms with Crippen molar-refractivity contribution in [3.05, 3.63) is 88.6 Å². The highest BCUT2D eigenvalue weighted by Gasteiger charge is 2.46. The smallest absolute Gasteiger partial charge is 0.296 e. The van der Waals surface area contributed by atoms with E-state index in [1.54, 1.807) is 30.3 Å². The van der Waals surface area contributed by atoms with Crippen LogP contribution >= 0.6 is 11.3 Å². The number of aromatic nitrogens is 1. The Hall–Kier alpha value is -3.91. The number of hydrogen-bond acceptors (Lipinski definition) is 7. The number of carbonyl (C=O) groups is 2. The molecule has 2 aromatic heterocycles. The minimum Gasteiger partial charge on any atom is -0.503 e. The summed E-state index contributed by atoms with van der Waals surface area (Å²) >= 11 is 1.34. The number of hydrogen-bond donors (Lipinski definition) is 1. The number of anilines is 1. The lowest BCUT2D eigenvalue weighted by atomic mass is 9.95. The van der Waals surface area contributed by atoms with Gasteiger partial charge in [0.25, 0.3) is 5.91 Å². The number of ketones is 1. The first-order chi connectivity index (χ1) is 15.9. The quantitative estimate of drug-likeness (QED) is 0.407. The number of aryl methyl sites for hydroxylation is 2. The van der Waals surface area contributed by atoms with Crippen LogP contribution in [0.5, 0.6) is 5.75 Å². The molecule has 0 unspecified atom stereocenters. The lowest BCUT2D eigenvalue weighted by Crippen LogP contribution is -2.31. The van der Waals surface area contributed by atoms with Crippen LogP contribution < -0.4 is 9.64 Å². The fourth-order valence-electron chi connectivity index (χ4n) is 4.16. The standard InChI is InChI=1S/C25H20N2O5S/c1-13-10-14(2)20-18(11-13)33-25(26-20)27-21(15-6-4-7-16(12-15)31-3)19(23(29)24(27)30)22(28)17-8-5-9-32-17/h4-12,21,29H,1-3H3/t21-/m1/s1. The van der Waals surface area contributed by atoms with Gasteiger partial charge >= 0.3 is 0 Å². The van der Waals surface area contributed by atoms with Crippen molar-refractivity contribution >= 4 is 38.4 Å². The van der Waals surface area contributed by atoms with Crippen LogP contribution in [0.1, 0.15) is 33.3 Å². The molecule has 1 aliphatic rings. The molecule has 0 bridgehead atoms. The first-order valence-corrected chi connectivity index (χ1v) is 11.1. The largest absolute Gasteiger partial charge is 0.503 e. The molecule has 1 aliphatic heterocycles. The molecule has 0 radical (unpaired) electrons. The Morgan fingerprint density at radius 1 is 1.18 bits per heavy atom. The summed E-state index contributed by atoms with van der Waals surface area (Å²) in [6, 6.07) is 13.3. The van der Waals surface area contributed by atoms with Crippen molar-refractivity contribution < 1.29 is 23.8 Å². The number of Topliss-reactive ketones (excluding diaryl/α,β-unsaturated/α-hetero) is 1. The molecule has 2 aromatic carbocycles. The average molecular weight is 461 g/mol. The third kappa shape index (κ3) is 3.39. The van der Waals surface area contributed by atoms with Gasteiger partial charge in [-0.05, 0) is 60.9 Å². The van der Waals surface area contributed by atoms with Gasteiger partial charge in [-0.3, -0.25) is 14.5 Å². The fourth-order valence-corrected chi connectivity index (χ4v) is 5.33. The van der Waals surface area contributed by atoms with Gasteiger partial charge in [-0.1, -0.05) is 29.5 Å². The van der Waals surface area contributed by atoms with Crippen molar-refractivity contribution in [1.82, 2.24) is 4.98 Å². The topological polar surface area (TPSA) is 92.9 Å². The Labute approximate surface area is 193 Å². The van der Waals surface area contributed by atoms with Gasteiger partial charge in [-0.15, -0.1) is 0 Å². The summed E-state index contributed by atoms with van der Waals surface area (Å²) in [6.07, 6.45) is 1.37. The van der Waals surface area contributed by atoms with E-state index in [1.807, 2.05) is 26.0 Å². The van der Waals surface area contributed by atoms with Gasteiger partial charge in [-0.25, -0.2) is 4.98 Å². The maximum absolute atomic E-state index is 13.3. The summed E-state index contributed by atoms with van der Waals surface area (Å²) in [5.74, 6) is -1.27. The monoisotopic (exact) mass is 460 g/mol. The normalized spacial score (nSPS) is 16.2. The van der Waals surface area contributed by atoms with E-state index in [0.29, 0.717) is 16.4 Å². The second-order valence-corrected chi connectivity index (χ2v) is 8.86. The Balaban J connectivity index is 1.71. The second-order valence-electron chi connectivity index (χ2n) is 7.85. The Morgan fingerprint density at radius 2 is 2.00 bits per heavy atom. The molecule has 166 valence electrons. The summed E-state index contributed by atoms with van der Waals surface area (Å²) < 4.78 is 11.6. The highest BCUT2D eigenvalue weighted by molar-refractivity contribution is 7.22. The van der Waals surface area contributed by atoms with Crippen LogP contribution in [0.15, 0.2) is 70.5 Å². The number of fused-ring (bicyclic) bond motifs is 1. The summed E-state index contributed by atoms with van der Waals surface area (Å²) in [4.78, 5) is 32.7. The molecule has 1 atom stereocenters. The fraction of sp³-hybridized carbons (Fsp3) is 0.160. The van der Waals surface area contributed by atoms with Gasteiger partial charge in [-0.2, -0.15) is 0 Å². The summed E-state index contributed by atoms with van der Waals surface area (Å²) in [5.41, 5.74) is 3.40. The van der Waals surface area contributed by atoms with E-state index in [-0.39, 0.29) is 11.3 Å². The van der Waals surface area contributed by atoms with E-state index in [4.69, 9.17) is 14.1 Å². The van der Waals surface area contributed by atoms with Gasteiger partial charge in [0.2, 0.25) is 5.78 Å². The average Bonchev–Trinajstić information content (AvgIpc) is 3.53. The minimum absolute atomic E-state index is 0.0369. The number of carbonyl (C=O) groups excluding carboxylic acids is 2. The third-order valence-electron chi connectivity index (χ3n) is 5.63. The first kappa shape index (κ1) is 21.0. The zero-order valence-electron chi connectivity index (χ0n) is 18.2. The van der Waals surface area contributed by atoms with E-state index >= 15 is 0 Å². The molecule has 3 heterocycles. The van der Waals surface area contributed by atoms with Crippen LogP contribution in [0, 0.1) is 13.8 Å². The lowest BCUT2D eigenvalue weighted by Gasteiger charge is -2.24. The van der Waals surface area contributed by atoms with Gasteiger partial charge in [0.1, 0.15) is 5.75 Å². The van der Waals surface area contributed by atoms with Crippen molar-refractivity contribution in [2.75, 3.05) is 12.0 Å². The predicted octanol–water partition coefficient (Wildman–Crippen LogP) is 5.30. The van der Waals surface area contributed by atoms with E-state index in [0.717, 1.165) is 21.3 Å². The van der Waals surface area contributed by atoms with Crippen LogP contribution in [0.2, 0.25) is 0 Å². The Bertz CT molecular complexity index is 1430. The number of benzene rings is 2. The highest BCUT2D eigenvalue weighted by atomic mass is 32.1. The zero-order chi connectivity index (χ0) is 23.3. The second kappa shape index (κ2) is 7.90. The van der Waals surface area contributed by atoms with Crippen LogP contribution in [-0.4, -0.2) is 28.9 Å². The number of amides is 1. The maximum Gasteiger partial charge on any atom is 0.296 e. The van der Waals surface area contributed by atoms with Crippen molar-refractivity contribution in [2.45, 2.75) is 19.9 Å². The number of rotatable bonds is 5. The zero-order valence-corrected chi connectivity index (χ0v) is 19.0. The SMILES string of the molecule is COc1cccc([C@@H]2C(C(=O)c3ccco3)=C(O)C(=O)N2c2nc3c(C)cc(C)cc3s2)c1. The van der Waals surface area contributed by atoms with Crippen molar-refractivity contribution in [3.63, 3.8) is 0 Å². The Morgan fingerprint density at radius 3 is 2.73 bits per heavy atom. The van der Waals surface area contributed by atoms with E-state index < -0.39 is 23.5 Å². The number of thiazole rings is 1. The van der Waals surface area contributed by atoms with Crippen LogP contribution in [0.25, 0.3) is 10.2 Å². The van der Waals surface area contributed by atoms with Gasteiger partial charge < -0.3 is 14.3 Å². The van der Waals surface area contributed by atoms with Crippen LogP contribution in [0.4, 0.5) is 5.13 Å². The molecule has 1 N–H and O–H groups in total. The van der Waals surface area contributed by atoms with Crippen molar-refractivity contribution in [2.24, 2.45) is 0 Å². The Kier molecular flexibility index (Phi) is 5.02. The summed E-state index contributed by atoms with van der Waals surface area (Å²) in [7, 11) is 1.54. The minimum atomic E-state index is -0.896. The molecule has 0 saturated carbocycles. The molecule has 7 nitrogen and oxygen atoms in total. The number of ether oxygens (including phenoxy) is 1. The molecule has 1 amide bonds. The summed E-state index contributed by atoms with van der Waals surface area (Å²) in [5, 5.41) is 11.3. The van der Waals surface area contributed by atoms with Crippen molar-refractivity contribution in [1.29, 1.82) is 0 Å². The third-order valence-corrected chi connectivity index (χ3v) is 6.63. The molecule has 0 aliphatic carbocycles. The predicted molar refractivity (Wildman–Crippen MR) is 125 cm³/mol. The maximum atomic E-state index is 13.3.